The lowest BCUT2D eigenvalue weighted by Gasteiger charge is -2.07. The zero-order chi connectivity index (χ0) is 16.1. The molecule has 0 radical (unpaired) electrons. The summed E-state index contributed by atoms with van der Waals surface area (Å²) in [6, 6.07) is 19.9. The molecule has 0 atom stereocenters. The third-order valence-electron chi connectivity index (χ3n) is 3.36. The van der Waals surface area contributed by atoms with E-state index in [0.717, 1.165) is 27.9 Å². The Morgan fingerprint density at radius 2 is 1.87 bits per heavy atom. The highest BCUT2D eigenvalue weighted by molar-refractivity contribution is 7.99. The quantitative estimate of drug-likeness (QED) is 0.662. The second-order valence-electron chi connectivity index (χ2n) is 4.79. The summed E-state index contributed by atoms with van der Waals surface area (Å²) in [4.78, 5) is 4.68. The Kier molecular flexibility index (Phi) is 4.65. The van der Waals surface area contributed by atoms with Gasteiger partial charge in [-0.3, -0.25) is 4.57 Å². The van der Waals surface area contributed by atoms with Crippen molar-refractivity contribution in [2.24, 2.45) is 0 Å². The van der Waals surface area contributed by atoms with Crippen LogP contribution in [0, 0.1) is 11.3 Å². The van der Waals surface area contributed by atoms with E-state index in [9.17, 15) is 0 Å². The van der Waals surface area contributed by atoms with Crippen LogP contribution in [0.3, 0.4) is 0 Å². The second kappa shape index (κ2) is 7.03. The van der Waals surface area contributed by atoms with Crippen LogP contribution in [0.2, 0.25) is 0 Å². The van der Waals surface area contributed by atoms with Crippen molar-refractivity contribution >= 4 is 11.8 Å². The van der Waals surface area contributed by atoms with Crippen molar-refractivity contribution in [3.8, 4) is 28.8 Å². The van der Waals surface area contributed by atoms with Crippen molar-refractivity contribution in [3.05, 3.63) is 60.8 Å². The van der Waals surface area contributed by atoms with Crippen LogP contribution in [0.1, 0.15) is 0 Å². The van der Waals surface area contributed by atoms with Gasteiger partial charge in [0.1, 0.15) is 5.75 Å². The summed E-state index contributed by atoms with van der Waals surface area (Å²) in [5.41, 5.74) is 2.93. The van der Waals surface area contributed by atoms with Gasteiger partial charge in [-0.15, -0.1) is 0 Å². The first kappa shape index (κ1) is 15.2. The van der Waals surface area contributed by atoms with Gasteiger partial charge >= 0.3 is 0 Å². The Labute approximate surface area is 139 Å². The molecule has 4 nitrogen and oxygen atoms in total. The molecule has 0 N–H and O–H groups in total. The first-order valence-corrected chi connectivity index (χ1v) is 8.09. The molecule has 0 aliphatic rings. The molecule has 3 rings (SSSR count). The van der Waals surface area contributed by atoms with E-state index >= 15 is 0 Å². The van der Waals surface area contributed by atoms with E-state index in [4.69, 9.17) is 10.00 Å². The molecule has 114 valence electrons. The van der Waals surface area contributed by atoms with Gasteiger partial charge in [0, 0.05) is 17.4 Å². The van der Waals surface area contributed by atoms with Crippen LogP contribution < -0.4 is 4.74 Å². The number of nitriles is 1. The van der Waals surface area contributed by atoms with Crippen molar-refractivity contribution in [2.45, 2.75) is 5.16 Å². The van der Waals surface area contributed by atoms with Crippen molar-refractivity contribution in [3.63, 3.8) is 0 Å². The Bertz CT molecular complexity index is 820. The molecular formula is C18H15N3OS. The van der Waals surface area contributed by atoms with E-state index in [1.54, 1.807) is 7.11 Å². The molecule has 0 fully saturated rings. The first-order chi connectivity index (χ1) is 11.3. The number of hydrogen-bond donors (Lipinski definition) is 0. The second-order valence-corrected chi connectivity index (χ2v) is 5.73. The molecule has 0 unspecified atom stereocenters. The van der Waals surface area contributed by atoms with Crippen LogP contribution in [-0.2, 0) is 0 Å². The maximum atomic E-state index is 8.86. The fourth-order valence-corrected chi connectivity index (χ4v) is 2.89. The standard InChI is InChI=1S/C18H15N3OS/c1-22-16-9-7-15(8-10-16)21-13-17(14-5-3-2-4-6-14)20-18(21)23-12-11-19/h2-10,13H,12H2,1H3. The van der Waals surface area contributed by atoms with E-state index in [1.807, 2.05) is 65.4 Å². The first-order valence-electron chi connectivity index (χ1n) is 7.11. The van der Waals surface area contributed by atoms with Crippen LogP contribution in [0.5, 0.6) is 5.75 Å². The summed E-state index contributed by atoms with van der Waals surface area (Å²) in [5, 5.41) is 9.66. The fraction of sp³-hybridized carbons (Fsp3) is 0.111. The largest absolute Gasteiger partial charge is 0.497 e. The van der Waals surface area contributed by atoms with Gasteiger partial charge in [0.05, 0.1) is 24.6 Å². The van der Waals surface area contributed by atoms with Gasteiger partial charge in [-0.25, -0.2) is 4.98 Å². The maximum Gasteiger partial charge on any atom is 0.174 e. The van der Waals surface area contributed by atoms with E-state index in [0.29, 0.717) is 5.75 Å². The normalized spacial score (nSPS) is 10.3. The van der Waals surface area contributed by atoms with Crippen molar-refractivity contribution < 1.29 is 4.74 Å². The van der Waals surface area contributed by atoms with Gasteiger partial charge < -0.3 is 4.74 Å². The summed E-state index contributed by atoms with van der Waals surface area (Å²) in [7, 11) is 1.65. The minimum absolute atomic E-state index is 0.362. The number of thioether (sulfide) groups is 1. The number of rotatable bonds is 5. The summed E-state index contributed by atoms with van der Waals surface area (Å²) in [6.45, 7) is 0. The molecule has 2 aromatic carbocycles. The highest BCUT2D eigenvalue weighted by Crippen LogP contribution is 2.27. The Balaban J connectivity index is 2.03. The minimum atomic E-state index is 0.362. The lowest BCUT2D eigenvalue weighted by molar-refractivity contribution is 0.414. The SMILES string of the molecule is COc1ccc(-n2cc(-c3ccccc3)nc2SCC#N)cc1. The van der Waals surface area contributed by atoms with E-state index in [2.05, 4.69) is 11.1 Å². The van der Waals surface area contributed by atoms with Crippen LogP contribution in [-0.4, -0.2) is 22.4 Å². The Morgan fingerprint density at radius 1 is 1.13 bits per heavy atom. The molecule has 1 heterocycles. The van der Waals surface area contributed by atoms with Crippen LogP contribution >= 0.6 is 11.8 Å². The van der Waals surface area contributed by atoms with Crippen molar-refractivity contribution in [1.29, 1.82) is 5.26 Å². The molecule has 0 saturated carbocycles. The van der Waals surface area contributed by atoms with Gasteiger partial charge in [0.25, 0.3) is 0 Å². The van der Waals surface area contributed by atoms with Gasteiger partial charge in [0.2, 0.25) is 0 Å². The van der Waals surface area contributed by atoms with Crippen LogP contribution in [0.25, 0.3) is 16.9 Å². The average molecular weight is 321 g/mol. The number of methoxy groups -OCH3 is 1. The molecule has 0 aliphatic heterocycles. The molecule has 23 heavy (non-hydrogen) atoms. The fourth-order valence-electron chi connectivity index (χ4n) is 2.24. The predicted molar refractivity (Wildman–Crippen MR) is 91.9 cm³/mol. The number of nitrogens with zero attached hydrogens (tertiary/aromatic N) is 3. The molecule has 5 heteroatoms. The molecule has 0 aliphatic carbocycles. The van der Waals surface area contributed by atoms with Gasteiger partial charge in [-0.2, -0.15) is 5.26 Å². The number of imidazole rings is 1. The van der Waals surface area contributed by atoms with Crippen molar-refractivity contribution in [2.75, 3.05) is 12.9 Å². The Morgan fingerprint density at radius 3 is 2.52 bits per heavy atom. The third kappa shape index (κ3) is 3.38. The molecular weight excluding hydrogens is 306 g/mol. The topological polar surface area (TPSA) is 50.8 Å². The number of benzene rings is 2. The van der Waals surface area contributed by atoms with Gasteiger partial charge in [-0.1, -0.05) is 42.1 Å². The van der Waals surface area contributed by atoms with Crippen LogP contribution in [0.15, 0.2) is 66.0 Å². The molecule has 0 amide bonds. The number of aromatic nitrogens is 2. The summed E-state index contributed by atoms with van der Waals surface area (Å²) >= 11 is 1.43. The van der Waals surface area contributed by atoms with Crippen molar-refractivity contribution in [1.82, 2.24) is 9.55 Å². The summed E-state index contributed by atoms with van der Waals surface area (Å²) in [6.07, 6.45) is 2.00. The maximum absolute atomic E-state index is 8.86. The zero-order valence-electron chi connectivity index (χ0n) is 12.6. The number of ether oxygens (including phenoxy) is 1. The van der Waals surface area contributed by atoms with E-state index in [1.165, 1.54) is 11.8 Å². The third-order valence-corrected chi connectivity index (χ3v) is 4.18. The van der Waals surface area contributed by atoms with Gasteiger partial charge in [0.15, 0.2) is 5.16 Å². The summed E-state index contributed by atoms with van der Waals surface area (Å²) in [5.74, 6) is 1.17. The average Bonchev–Trinajstić information content (AvgIpc) is 3.05. The van der Waals surface area contributed by atoms with Crippen LogP contribution in [0.4, 0.5) is 0 Å². The minimum Gasteiger partial charge on any atom is -0.497 e. The van der Waals surface area contributed by atoms with E-state index in [-0.39, 0.29) is 0 Å². The highest BCUT2D eigenvalue weighted by Gasteiger charge is 2.11. The zero-order valence-corrected chi connectivity index (χ0v) is 13.5. The lowest BCUT2D eigenvalue weighted by atomic mass is 10.2. The lowest BCUT2D eigenvalue weighted by Crippen LogP contribution is -1.95. The van der Waals surface area contributed by atoms with E-state index < -0.39 is 0 Å². The van der Waals surface area contributed by atoms with Gasteiger partial charge in [-0.05, 0) is 24.3 Å². The molecule has 0 bridgehead atoms. The molecule has 1 aromatic heterocycles. The predicted octanol–water partition coefficient (Wildman–Crippen LogP) is 4.16. The molecule has 3 aromatic rings. The monoisotopic (exact) mass is 321 g/mol. The number of hydrogen-bond acceptors (Lipinski definition) is 4. The molecule has 0 spiro atoms. The summed E-state index contributed by atoms with van der Waals surface area (Å²) < 4.78 is 7.21. The smallest absolute Gasteiger partial charge is 0.174 e. The molecule has 0 saturated heterocycles. The highest BCUT2D eigenvalue weighted by atomic mass is 32.2. The Hall–Kier alpha value is -2.71.